The number of anilines is 1. The van der Waals surface area contributed by atoms with E-state index in [2.05, 4.69) is 26.6 Å². The Bertz CT molecular complexity index is 972. The van der Waals surface area contributed by atoms with Crippen LogP contribution < -0.4 is 15.4 Å². The molecule has 0 aromatic heterocycles. The molecule has 3 saturated heterocycles. The number of carbonyl (C=O) groups is 3. The number of aliphatic hydroxyl groups is 1. The molecule has 2 bridgehead atoms. The summed E-state index contributed by atoms with van der Waals surface area (Å²) in [5, 5.41) is 15.9. The Morgan fingerprint density at radius 3 is 2.51 bits per heavy atom. The van der Waals surface area contributed by atoms with E-state index in [1.807, 2.05) is 27.7 Å². The summed E-state index contributed by atoms with van der Waals surface area (Å²) < 4.78 is 4.75. The number of fused-ring (bicyclic) bond motifs is 1. The highest BCUT2D eigenvalue weighted by Crippen LogP contribution is 2.68. The zero-order chi connectivity index (χ0) is 25.5. The first-order chi connectivity index (χ1) is 16.7. The van der Waals surface area contributed by atoms with Gasteiger partial charge in [0.2, 0.25) is 17.7 Å². The van der Waals surface area contributed by atoms with E-state index < -0.39 is 28.7 Å². The number of thioether (sulfide) groups is 1. The summed E-state index contributed by atoms with van der Waals surface area (Å²) >= 11 is 5.35. The van der Waals surface area contributed by atoms with Crippen molar-refractivity contribution in [1.29, 1.82) is 0 Å². The lowest BCUT2D eigenvalue weighted by atomic mass is 9.70. The van der Waals surface area contributed by atoms with Crippen LogP contribution in [-0.2, 0) is 14.4 Å². The van der Waals surface area contributed by atoms with Crippen molar-refractivity contribution < 1.29 is 24.2 Å². The lowest BCUT2D eigenvalue weighted by Crippen LogP contribution is -2.57. The predicted octanol–water partition coefficient (Wildman–Crippen LogP) is 2.78. The van der Waals surface area contributed by atoms with Crippen LogP contribution in [0.5, 0.6) is 5.75 Å². The maximum Gasteiger partial charge on any atom is 0.244 e. The highest BCUT2D eigenvalue weighted by Gasteiger charge is 2.76. The highest BCUT2D eigenvalue weighted by atomic mass is 79.9. The van der Waals surface area contributed by atoms with Crippen LogP contribution in [0.25, 0.3) is 0 Å². The molecule has 0 aliphatic carbocycles. The summed E-state index contributed by atoms with van der Waals surface area (Å²) in [6, 6.07) is 5.85. The van der Waals surface area contributed by atoms with Gasteiger partial charge in [-0.25, -0.2) is 0 Å². The number of benzene rings is 1. The number of ether oxygens (including phenoxy) is 1. The van der Waals surface area contributed by atoms with Crippen LogP contribution in [0.3, 0.4) is 0 Å². The van der Waals surface area contributed by atoms with Gasteiger partial charge in [0.25, 0.3) is 0 Å². The van der Waals surface area contributed by atoms with E-state index in [1.54, 1.807) is 40.9 Å². The van der Waals surface area contributed by atoms with E-state index in [4.69, 9.17) is 4.74 Å². The molecule has 4 rings (SSSR count). The molecule has 192 valence electrons. The number of aliphatic hydroxyl groups excluding tert-OH is 1. The van der Waals surface area contributed by atoms with Crippen LogP contribution in [-0.4, -0.2) is 73.9 Å². The molecule has 3 fully saturated rings. The first kappa shape index (κ1) is 26.3. The molecule has 1 spiro atoms. The molecule has 0 radical (unpaired) electrons. The second kappa shape index (κ2) is 10.3. The fourth-order valence-electron chi connectivity index (χ4n) is 5.86. The SMILES string of the molecule is CCOc1ccc(NC(=O)[C@H]2[C@H]3C(=O)N([C@@H](CC)CO)C(C(=O)NC(C)C)C34CC(Br)[C@@H]2S4)cc1. The van der Waals surface area contributed by atoms with Crippen molar-refractivity contribution in [3.05, 3.63) is 24.3 Å². The average Bonchev–Trinajstić information content (AvgIpc) is 3.39. The summed E-state index contributed by atoms with van der Waals surface area (Å²) in [6.45, 7) is 7.90. The van der Waals surface area contributed by atoms with Crippen molar-refractivity contribution in [2.24, 2.45) is 11.8 Å². The molecular weight excluding hydrogens is 534 g/mol. The molecule has 3 aliphatic heterocycles. The minimum absolute atomic E-state index is 0.00358. The number of carbonyl (C=O) groups excluding carboxylic acids is 3. The van der Waals surface area contributed by atoms with Gasteiger partial charge in [-0.1, -0.05) is 22.9 Å². The monoisotopic (exact) mass is 567 g/mol. The van der Waals surface area contributed by atoms with Crippen molar-refractivity contribution in [2.45, 2.75) is 73.5 Å². The summed E-state index contributed by atoms with van der Waals surface area (Å²) in [7, 11) is 0. The molecule has 8 nitrogen and oxygen atoms in total. The Hall–Kier alpha value is -1.78. The maximum absolute atomic E-state index is 13.9. The molecule has 35 heavy (non-hydrogen) atoms. The summed E-state index contributed by atoms with van der Waals surface area (Å²) in [5.41, 5.74) is 0.629. The van der Waals surface area contributed by atoms with Gasteiger partial charge < -0.3 is 25.4 Å². The zero-order valence-corrected chi connectivity index (χ0v) is 22.9. The van der Waals surface area contributed by atoms with Crippen molar-refractivity contribution in [3.8, 4) is 5.75 Å². The van der Waals surface area contributed by atoms with Gasteiger partial charge in [0.15, 0.2) is 0 Å². The standard InChI is InChI=1S/C25H34BrN3O5S/c1-5-15(12-30)29-21(23(32)27-13(3)4)25-11-17(26)20(35-25)18(19(25)24(29)33)22(31)28-14-7-9-16(10-8-14)34-6-2/h7-10,13,15,17-21,30H,5-6,11-12H2,1-4H3,(H,27,32)(H,28,31)/t15-,17?,18-,19-,20-,21?,25?/m0/s1. The highest BCUT2D eigenvalue weighted by molar-refractivity contribution is 9.09. The Morgan fingerprint density at radius 2 is 1.94 bits per heavy atom. The van der Waals surface area contributed by atoms with E-state index >= 15 is 0 Å². The number of hydrogen-bond acceptors (Lipinski definition) is 6. The van der Waals surface area contributed by atoms with E-state index in [9.17, 15) is 19.5 Å². The zero-order valence-electron chi connectivity index (χ0n) is 20.5. The van der Waals surface area contributed by atoms with Gasteiger partial charge in [-0.3, -0.25) is 14.4 Å². The van der Waals surface area contributed by atoms with Gasteiger partial charge in [-0.15, -0.1) is 11.8 Å². The van der Waals surface area contributed by atoms with Gasteiger partial charge >= 0.3 is 0 Å². The number of halogens is 1. The number of hydrogen-bond donors (Lipinski definition) is 3. The second-order valence-corrected chi connectivity index (χ2v) is 12.5. The molecule has 10 heteroatoms. The number of alkyl halides is 1. The predicted molar refractivity (Wildman–Crippen MR) is 140 cm³/mol. The smallest absolute Gasteiger partial charge is 0.244 e. The van der Waals surface area contributed by atoms with Crippen molar-refractivity contribution in [1.82, 2.24) is 10.2 Å². The molecule has 1 aromatic carbocycles. The molecule has 0 saturated carbocycles. The quantitative estimate of drug-likeness (QED) is 0.396. The third-order valence-electron chi connectivity index (χ3n) is 7.22. The van der Waals surface area contributed by atoms with Crippen LogP contribution in [0.2, 0.25) is 0 Å². The first-order valence-electron chi connectivity index (χ1n) is 12.3. The van der Waals surface area contributed by atoms with Gasteiger partial charge in [-0.2, -0.15) is 0 Å². The van der Waals surface area contributed by atoms with Crippen LogP contribution in [0, 0.1) is 11.8 Å². The number of likely N-dealkylation sites (tertiary alicyclic amines) is 1. The van der Waals surface area contributed by atoms with Crippen molar-refractivity contribution in [3.63, 3.8) is 0 Å². The van der Waals surface area contributed by atoms with Crippen LogP contribution in [0.15, 0.2) is 24.3 Å². The average molecular weight is 569 g/mol. The lowest BCUT2D eigenvalue weighted by Gasteiger charge is -2.37. The molecule has 3 heterocycles. The fourth-order valence-corrected chi connectivity index (χ4v) is 9.46. The van der Waals surface area contributed by atoms with E-state index in [0.29, 0.717) is 25.1 Å². The molecular formula is C25H34BrN3O5S. The Labute approximate surface area is 219 Å². The van der Waals surface area contributed by atoms with Gasteiger partial charge in [0.1, 0.15) is 11.8 Å². The van der Waals surface area contributed by atoms with Crippen LogP contribution in [0.1, 0.15) is 40.5 Å². The summed E-state index contributed by atoms with van der Waals surface area (Å²) in [6.07, 6.45) is 1.13. The van der Waals surface area contributed by atoms with Gasteiger partial charge in [0.05, 0.1) is 35.8 Å². The van der Waals surface area contributed by atoms with Gasteiger partial charge in [0, 0.05) is 21.8 Å². The van der Waals surface area contributed by atoms with Crippen LogP contribution >= 0.6 is 27.7 Å². The van der Waals surface area contributed by atoms with Crippen molar-refractivity contribution >= 4 is 51.1 Å². The number of rotatable bonds is 9. The third-order valence-corrected chi connectivity index (χ3v) is 10.4. The molecule has 1 aromatic rings. The molecule has 3 aliphatic rings. The number of amides is 3. The fraction of sp³-hybridized carbons (Fsp3) is 0.640. The van der Waals surface area contributed by atoms with E-state index in [-0.39, 0.29) is 40.4 Å². The normalized spacial score (nSPS) is 32.0. The largest absolute Gasteiger partial charge is 0.494 e. The Balaban J connectivity index is 1.67. The Morgan fingerprint density at radius 1 is 1.26 bits per heavy atom. The van der Waals surface area contributed by atoms with Crippen LogP contribution in [0.4, 0.5) is 5.69 Å². The Kier molecular flexibility index (Phi) is 7.74. The minimum Gasteiger partial charge on any atom is -0.494 e. The molecule has 3 unspecified atom stereocenters. The first-order valence-corrected chi connectivity index (χ1v) is 14.1. The number of nitrogens with zero attached hydrogens (tertiary/aromatic N) is 1. The third kappa shape index (κ3) is 4.46. The minimum atomic E-state index is -0.738. The summed E-state index contributed by atoms with van der Waals surface area (Å²) in [5.74, 6) is -1.15. The van der Waals surface area contributed by atoms with E-state index in [0.717, 1.165) is 5.75 Å². The number of nitrogens with one attached hydrogen (secondary N) is 2. The molecule has 7 atom stereocenters. The van der Waals surface area contributed by atoms with Crippen molar-refractivity contribution in [2.75, 3.05) is 18.5 Å². The maximum atomic E-state index is 13.9. The summed E-state index contributed by atoms with van der Waals surface area (Å²) in [4.78, 5) is 42.6. The lowest BCUT2D eigenvalue weighted by molar-refractivity contribution is -0.142. The topological polar surface area (TPSA) is 108 Å². The second-order valence-electron chi connectivity index (χ2n) is 9.76. The van der Waals surface area contributed by atoms with E-state index in [1.165, 1.54) is 0 Å². The molecule has 3 N–H and O–H groups in total. The molecule has 3 amide bonds. The van der Waals surface area contributed by atoms with Gasteiger partial charge in [-0.05, 0) is 57.9 Å².